The quantitative estimate of drug-likeness (QED) is 0.216. The average molecular weight is 478 g/mol. The molecule has 0 saturated carbocycles. The molecule has 0 saturated heterocycles. The summed E-state index contributed by atoms with van der Waals surface area (Å²) in [6.07, 6.45) is 4.72. The van der Waals surface area contributed by atoms with Crippen LogP contribution in [0, 0.1) is 11.8 Å². The molecule has 0 atom stereocenters. The van der Waals surface area contributed by atoms with E-state index < -0.39 is 11.7 Å². The van der Waals surface area contributed by atoms with Gasteiger partial charge in [0, 0.05) is 24.2 Å². The van der Waals surface area contributed by atoms with Crippen molar-refractivity contribution in [2.75, 3.05) is 0 Å². The Labute approximate surface area is 207 Å². The third-order valence-corrected chi connectivity index (χ3v) is 6.02. The zero-order chi connectivity index (χ0) is 24.9. The van der Waals surface area contributed by atoms with E-state index in [1.807, 2.05) is 24.3 Å². The molecule has 0 unspecified atom stereocenters. The van der Waals surface area contributed by atoms with Crippen molar-refractivity contribution in [1.82, 2.24) is 5.32 Å². The Morgan fingerprint density at radius 1 is 0.600 bits per heavy atom. The first-order valence-corrected chi connectivity index (χ1v) is 12.5. The summed E-state index contributed by atoms with van der Waals surface area (Å²) in [6, 6.07) is 21.8. The molecule has 0 spiro atoms. The first-order valence-electron chi connectivity index (χ1n) is 12.5. The second-order valence-electron chi connectivity index (χ2n) is 8.96. The van der Waals surface area contributed by atoms with Crippen LogP contribution in [0.3, 0.4) is 0 Å². The van der Waals surface area contributed by atoms with Crippen molar-refractivity contribution in [3.05, 3.63) is 106 Å². The molecular weight excluding hydrogens is 443 g/mol. The molecule has 0 heterocycles. The number of hydrogen-bond donors (Lipinski definition) is 1. The molecule has 0 aliphatic carbocycles. The average Bonchev–Trinajstić information content (AvgIpc) is 2.86. The van der Waals surface area contributed by atoms with Gasteiger partial charge in [0.2, 0.25) is 0 Å². The van der Waals surface area contributed by atoms with Gasteiger partial charge in [-0.2, -0.15) is 13.2 Å². The maximum atomic E-state index is 12.6. The van der Waals surface area contributed by atoms with E-state index in [-0.39, 0.29) is 0 Å². The largest absolute Gasteiger partial charge is 0.416 e. The van der Waals surface area contributed by atoms with Crippen LogP contribution in [0.1, 0.15) is 78.8 Å². The first kappa shape index (κ1) is 26.6. The summed E-state index contributed by atoms with van der Waals surface area (Å²) in [5.74, 6) is 6.45. The third-order valence-electron chi connectivity index (χ3n) is 6.02. The van der Waals surface area contributed by atoms with Crippen molar-refractivity contribution in [2.45, 2.75) is 71.1 Å². The number of nitrogens with one attached hydrogen (secondary N) is 1. The van der Waals surface area contributed by atoms with Gasteiger partial charge in [-0.1, -0.05) is 87.3 Å². The molecule has 184 valence electrons. The van der Waals surface area contributed by atoms with Crippen molar-refractivity contribution >= 4 is 0 Å². The molecule has 0 bridgehead atoms. The van der Waals surface area contributed by atoms with E-state index in [4.69, 9.17) is 0 Å². The lowest BCUT2D eigenvalue weighted by atomic mass is 10.0. The summed E-state index contributed by atoms with van der Waals surface area (Å²) in [6.45, 7) is 3.39. The van der Waals surface area contributed by atoms with E-state index in [2.05, 4.69) is 48.3 Å². The minimum absolute atomic E-state index is 0.508. The summed E-state index contributed by atoms with van der Waals surface area (Å²) in [7, 11) is 0. The predicted molar refractivity (Wildman–Crippen MR) is 138 cm³/mol. The number of halogens is 3. The molecule has 0 fully saturated rings. The number of rotatable bonds is 11. The standard InChI is InChI=1S/C31H34F3N/c1-2-3-4-5-6-7-8-25-9-11-26(12-10-25)13-14-27-15-17-28(18-16-27)23-35-24-29-19-21-30(22-20-29)31(32,33)34/h9-12,15-22,35H,2-8,23-24H2,1H3. The van der Waals surface area contributed by atoms with E-state index >= 15 is 0 Å². The highest BCUT2D eigenvalue weighted by Gasteiger charge is 2.29. The molecule has 3 aromatic rings. The van der Waals surface area contributed by atoms with E-state index in [1.165, 1.54) is 56.2 Å². The lowest BCUT2D eigenvalue weighted by Gasteiger charge is -2.08. The van der Waals surface area contributed by atoms with Crippen LogP contribution in [0.5, 0.6) is 0 Å². The van der Waals surface area contributed by atoms with Gasteiger partial charge in [0.1, 0.15) is 0 Å². The normalized spacial score (nSPS) is 11.2. The summed E-state index contributed by atoms with van der Waals surface area (Å²) in [5.41, 5.74) is 4.63. The Morgan fingerprint density at radius 2 is 1.06 bits per heavy atom. The fourth-order valence-corrected chi connectivity index (χ4v) is 3.88. The lowest BCUT2D eigenvalue weighted by molar-refractivity contribution is -0.137. The van der Waals surface area contributed by atoms with Gasteiger partial charge in [-0.3, -0.25) is 0 Å². The Bertz CT molecular complexity index is 1070. The van der Waals surface area contributed by atoms with Crippen LogP contribution in [0.4, 0.5) is 13.2 Å². The lowest BCUT2D eigenvalue weighted by Crippen LogP contribution is -2.13. The zero-order valence-corrected chi connectivity index (χ0v) is 20.4. The fourth-order valence-electron chi connectivity index (χ4n) is 3.88. The Balaban J connectivity index is 1.41. The molecule has 35 heavy (non-hydrogen) atoms. The van der Waals surface area contributed by atoms with Gasteiger partial charge in [-0.15, -0.1) is 0 Å². The van der Waals surface area contributed by atoms with E-state index in [9.17, 15) is 13.2 Å². The second kappa shape index (κ2) is 13.8. The molecule has 0 aromatic heterocycles. The fraction of sp³-hybridized carbons (Fsp3) is 0.355. The molecule has 1 nitrogen and oxygen atoms in total. The summed E-state index contributed by atoms with van der Waals surface area (Å²) in [4.78, 5) is 0. The van der Waals surface area contributed by atoms with Crippen LogP contribution in [0.25, 0.3) is 0 Å². The summed E-state index contributed by atoms with van der Waals surface area (Å²) in [5, 5.41) is 3.27. The smallest absolute Gasteiger partial charge is 0.309 e. The maximum Gasteiger partial charge on any atom is 0.416 e. The van der Waals surface area contributed by atoms with Crippen LogP contribution < -0.4 is 5.32 Å². The van der Waals surface area contributed by atoms with Gasteiger partial charge in [0.25, 0.3) is 0 Å². The molecule has 3 aromatic carbocycles. The van der Waals surface area contributed by atoms with E-state index in [0.717, 1.165) is 40.8 Å². The number of hydrogen-bond acceptors (Lipinski definition) is 1. The topological polar surface area (TPSA) is 12.0 Å². The number of alkyl halides is 3. The summed E-state index contributed by atoms with van der Waals surface area (Å²) < 4.78 is 37.9. The van der Waals surface area contributed by atoms with E-state index in [0.29, 0.717) is 13.1 Å². The predicted octanol–water partition coefficient (Wildman–Crippen LogP) is 8.30. The van der Waals surface area contributed by atoms with Crippen LogP contribution in [-0.4, -0.2) is 0 Å². The van der Waals surface area contributed by atoms with Crippen molar-refractivity contribution in [3.8, 4) is 11.8 Å². The Kier molecular flexibility index (Phi) is 10.4. The molecule has 3 rings (SSSR count). The SMILES string of the molecule is CCCCCCCCc1ccc(C#Cc2ccc(CNCc3ccc(C(F)(F)F)cc3)cc2)cc1. The highest BCUT2D eigenvalue weighted by atomic mass is 19.4. The molecule has 0 amide bonds. The molecule has 0 radical (unpaired) electrons. The zero-order valence-electron chi connectivity index (χ0n) is 20.4. The highest BCUT2D eigenvalue weighted by molar-refractivity contribution is 5.44. The molecule has 4 heteroatoms. The number of aryl methyl sites for hydroxylation is 1. The van der Waals surface area contributed by atoms with Gasteiger partial charge in [0.05, 0.1) is 5.56 Å². The van der Waals surface area contributed by atoms with Crippen LogP contribution in [0.2, 0.25) is 0 Å². The monoisotopic (exact) mass is 477 g/mol. The van der Waals surface area contributed by atoms with Gasteiger partial charge in [-0.25, -0.2) is 0 Å². The molecule has 0 aliphatic heterocycles. The van der Waals surface area contributed by atoms with Crippen molar-refractivity contribution in [2.24, 2.45) is 0 Å². The van der Waals surface area contributed by atoms with Crippen LogP contribution in [0.15, 0.2) is 72.8 Å². The summed E-state index contributed by atoms with van der Waals surface area (Å²) >= 11 is 0. The molecule has 0 aliphatic rings. The number of benzene rings is 3. The maximum absolute atomic E-state index is 12.6. The van der Waals surface area contributed by atoms with Crippen LogP contribution >= 0.6 is 0 Å². The van der Waals surface area contributed by atoms with Crippen LogP contribution in [-0.2, 0) is 25.7 Å². The van der Waals surface area contributed by atoms with Crippen molar-refractivity contribution in [3.63, 3.8) is 0 Å². The van der Waals surface area contributed by atoms with Gasteiger partial charge < -0.3 is 5.32 Å². The van der Waals surface area contributed by atoms with E-state index in [1.54, 1.807) is 0 Å². The van der Waals surface area contributed by atoms with Crippen molar-refractivity contribution in [1.29, 1.82) is 0 Å². The van der Waals surface area contributed by atoms with Gasteiger partial charge in [-0.05, 0) is 65.9 Å². The third kappa shape index (κ3) is 9.62. The van der Waals surface area contributed by atoms with Gasteiger partial charge in [0.15, 0.2) is 0 Å². The minimum Gasteiger partial charge on any atom is -0.309 e. The highest BCUT2D eigenvalue weighted by Crippen LogP contribution is 2.29. The number of unbranched alkanes of at least 4 members (excludes halogenated alkanes) is 5. The second-order valence-corrected chi connectivity index (χ2v) is 8.96. The van der Waals surface area contributed by atoms with Gasteiger partial charge >= 0.3 is 6.18 Å². The molecule has 1 N–H and O–H groups in total. The van der Waals surface area contributed by atoms with Crippen molar-refractivity contribution < 1.29 is 13.2 Å². The molecular formula is C31H34F3N. The minimum atomic E-state index is -4.30. The Hall–Kier alpha value is -3.03. The first-order chi connectivity index (χ1) is 16.9. The Morgan fingerprint density at radius 3 is 1.57 bits per heavy atom.